The molecule has 1 heterocycles. The summed E-state index contributed by atoms with van der Waals surface area (Å²) in [7, 11) is 0. The Balaban J connectivity index is 1.75. The van der Waals surface area contributed by atoms with E-state index < -0.39 is 0 Å². The summed E-state index contributed by atoms with van der Waals surface area (Å²) in [6.07, 6.45) is 0. The average molecular weight is 427 g/mol. The Bertz CT molecular complexity index is 1170. The lowest BCUT2D eigenvalue weighted by Gasteiger charge is -2.15. The highest BCUT2D eigenvalue weighted by Gasteiger charge is 2.40. The molecule has 1 aliphatic rings. The number of para-hydroxylation sites is 2. The van der Waals surface area contributed by atoms with Crippen LogP contribution in [-0.2, 0) is 9.59 Å². The predicted octanol–water partition coefficient (Wildman–Crippen LogP) is 5.43. The van der Waals surface area contributed by atoms with Crippen molar-refractivity contribution in [2.75, 3.05) is 16.8 Å². The minimum atomic E-state index is -0.375. The van der Waals surface area contributed by atoms with E-state index in [1.165, 1.54) is 4.90 Å². The Kier molecular flexibility index (Phi) is 6.08. The molecule has 4 rings (SSSR count). The van der Waals surface area contributed by atoms with Crippen LogP contribution in [0.5, 0.6) is 5.75 Å². The van der Waals surface area contributed by atoms with Gasteiger partial charge in [0.1, 0.15) is 11.4 Å². The van der Waals surface area contributed by atoms with Gasteiger partial charge in [0.25, 0.3) is 11.8 Å². The van der Waals surface area contributed by atoms with Gasteiger partial charge in [-0.15, -0.1) is 0 Å². The van der Waals surface area contributed by atoms with Crippen molar-refractivity contribution in [1.29, 1.82) is 0 Å². The second-order valence-corrected chi connectivity index (χ2v) is 8.20. The van der Waals surface area contributed by atoms with Gasteiger partial charge in [-0.3, -0.25) is 9.59 Å². The number of imide groups is 1. The Morgan fingerprint density at radius 1 is 0.844 bits per heavy atom. The van der Waals surface area contributed by atoms with Gasteiger partial charge in [-0.25, -0.2) is 4.90 Å². The maximum absolute atomic E-state index is 13.5. The van der Waals surface area contributed by atoms with E-state index in [1.807, 2.05) is 73.7 Å². The molecular formula is C27H26N2O3. The molecule has 0 radical (unpaired) electrons. The van der Waals surface area contributed by atoms with Gasteiger partial charge in [-0.2, -0.15) is 0 Å². The van der Waals surface area contributed by atoms with Gasteiger partial charge in [-0.1, -0.05) is 62.4 Å². The lowest BCUT2D eigenvalue weighted by atomic mass is 10.0. The molecule has 2 amide bonds. The minimum Gasteiger partial charge on any atom is -0.493 e. The summed E-state index contributed by atoms with van der Waals surface area (Å²) in [5.74, 6) is 0.414. The molecule has 1 N–H and O–H groups in total. The van der Waals surface area contributed by atoms with Crippen molar-refractivity contribution in [3.63, 3.8) is 0 Å². The first-order valence-corrected chi connectivity index (χ1v) is 10.7. The number of ether oxygens (including phenoxy) is 1. The van der Waals surface area contributed by atoms with E-state index in [0.29, 0.717) is 29.3 Å². The molecule has 162 valence electrons. The molecule has 0 unspecified atom stereocenters. The third kappa shape index (κ3) is 4.28. The van der Waals surface area contributed by atoms with Crippen LogP contribution in [0.25, 0.3) is 5.57 Å². The third-order valence-corrected chi connectivity index (χ3v) is 5.23. The highest BCUT2D eigenvalue weighted by atomic mass is 16.5. The number of hydrogen-bond acceptors (Lipinski definition) is 4. The third-order valence-electron chi connectivity index (χ3n) is 5.23. The number of nitrogens with zero attached hydrogens (tertiary/aromatic N) is 1. The minimum absolute atomic E-state index is 0.268. The summed E-state index contributed by atoms with van der Waals surface area (Å²) in [6.45, 7) is 6.74. The van der Waals surface area contributed by atoms with E-state index >= 15 is 0 Å². The van der Waals surface area contributed by atoms with Gasteiger partial charge in [0, 0.05) is 5.69 Å². The predicted molar refractivity (Wildman–Crippen MR) is 127 cm³/mol. The molecule has 0 bridgehead atoms. The van der Waals surface area contributed by atoms with E-state index in [1.54, 1.807) is 12.1 Å². The van der Waals surface area contributed by atoms with Crippen LogP contribution >= 0.6 is 0 Å². The largest absolute Gasteiger partial charge is 0.493 e. The van der Waals surface area contributed by atoms with E-state index in [0.717, 1.165) is 17.0 Å². The first-order valence-electron chi connectivity index (χ1n) is 10.7. The zero-order valence-electron chi connectivity index (χ0n) is 18.5. The smallest absolute Gasteiger partial charge is 0.282 e. The fraction of sp³-hybridized carbons (Fsp3) is 0.185. The standard InChI is InChI=1S/C27H26N2O3/c1-18(2)17-32-22-15-13-20(14-16-22)24-25(28-23-12-8-7-9-19(23)3)27(31)29(26(24)30)21-10-5-4-6-11-21/h4-16,18,28H,17H2,1-3H3. The van der Waals surface area contributed by atoms with Crippen LogP contribution < -0.4 is 15.0 Å². The van der Waals surface area contributed by atoms with Gasteiger partial charge >= 0.3 is 0 Å². The molecule has 0 aliphatic carbocycles. The summed E-state index contributed by atoms with van der Waals surface area (Å²) in [4.78, 5) is 28.1. The van der Waals surface area contributed by atoms with Gasteiger partial charge < -0.3 is 10.1 Å². The summed E-state index contributed by atoms with van der Waals surface area (Å²) in [6, 6.07) is 24.0. The molecule has 0 atom stereocenters. The molecule has 0 spiro atoms. The fourth-order valence-electron chi connectivity index (χ4n) is 3.55. The first-order chi connectivity index (χ1) is 15.5. The topological polar surface area (TPSA) is 58.6 Å². The number of aryl methyl sites for hydroxylation is 1. The Morgan fingerprint density at radius 2 is 1.50 bits per heavy atom. The highest BCUT2D eigenvalue weighted by Crippen LogP contribution is 2.34. The average Bonchev–Trinajstić information content (AvgIpc) is 3.04. The normalized spacial score (nSPS) is 13.8. The van der Waals surface area contributed by atoms with Crippen molar-refractivity contribution in [2.45, 2.75) is 20.8 Å². The molecular weight excluding hydrogens is 400 g/mol. The monoisotopic (exact) mass is 426 g/mol. The Labute approximate surface area is 188 Å². The van der Waals surface area contributed by atoms with Crippen molar-refractivity contribution >= 4 is 28.8 Å². The molecule has 0 aromatic heterocycles. The first kappa shape index (κ1) is 21.4. The summed E-state index contributed by atoms with van der Waals surface area (Å²) in [5.41, 5.74) is 3.58. The molecule has 0 saturated heterocycles. The Hall–Kier alpha value is -3.86. The number of hydrogen-bond donors (Lipinski definition) is 1. The van der Waals surface area contributed by atoms with Crippen LogP contribution in [0.3, 0.4) is 0 Å². The molecule has 3 aromatic rings. The Morgan fingerprint density at radius 3 is 2.16 bits per heavy atom. The second kappa shape index (κ2) is 9.10. The maximum Gasteiger partial charge on any atom is 0.282 e. The zero-order valence-corrected chi connectivity index (χ0v) is 18.5. The highest BCUT2D eigenvalue weighted by molar-refractivity contribution is 6.46. The van der Waals surface area contributed by atoms with Crippen LogP contribution in [0.2, 0.25) is 0 Å². The van der Waals surface area contributed by atoms with E-state index in [-0.39, 0.29) is 17.5 Å². The SMILES string of the molecule is Cc1ccccc1NC1=C(c2ccc(OCC(C)C)cc2)C(=O)N(c2ccccc2)C1=O. The number of rotatable bonds is 7. The van der Waals surface area contributed by atoms with E-state index in [9.17, 15) is 9.59 Å². The molecule has 3 aromatic carbocycles. The van der Waals surface area contributed by atoms with E-state index in [4.69, 9.17) is 4.74 Å². The molecule has 32 heavy (non-hydrogen) atoms. The molecule has 5 nitrogen and oxygen atoms in total. The van der Waals surface area contributed by atoms with Crippen LogP contribution in [0, 0.1) is 12.8 Å². The second-order valence-electron chi connectivity index (χ2n) is 8.20. The lowest BCUT2D eigenvalue weighted by molar-refractivity contribution is -0.120. The summed E-state index contributed by atoms with van der Waals surface area (Å²) < 4.78 is 5.77. The van der Waals surface area contributed by atoms with Gasteiger partial charge in [0.15, 0.2) is 0 Å². The van der Waals surface area contributed by atoms with Crippen molar-refractivity contribution in [1.82, 2.24) is 0 Å². The van der Waals surface area contributed by atoms with Crippen molar-refractivity contribution in [2.24, 2.45) is 5.92 Å². The van der Waals surface area contributed by atoms with Crippen molar-refractivity contribution in [3.8, 4) is 5.75 Å². The number of amides is 2. The molecule has 1 aliphatic heterocycles. The van der Waals surface area contributed by atoms with Crippen LogP contribution in [0.15, 0.2) is 84.6 Å². The maximum atomic E-state index is 13.5. The number of anilines is 2. The van der Waals surface area contributed by atoms with Crippen LogP contribution in [0.4, 0.5) is 11.4 Å². The number of nitrogens with one attached hydrogen (secondary N) is 1. The summed E-state index contributed by atoms with van der Waals surface area (Å²) in [5, 5.41) is 3.23. The molecule has 0 fully saturated rings. The van der Waals surface area contributed by atoms with Crippen molar-refractivity contribution in [3.05, 3.63) is 95.7 Å². The lowest BCUT2D eigenvalue weighted by Crippen LogP contribution is -2.32. The molecule has 0 saturated carbocycles. The van der Waals surface area contributed by atoms with Crippen LogP contribution in [0.1, 0.15) is 25.0 Å². The quantitative estimate of drug-likeness (QED) is 0.512. The van der Waals surface area contributed by atoms with Gasteiger partial charge in [0.05, 0.1) is 17.9 Å². The fourth-order valence-corrected chi connectivity index (χ4v) is 3.55. The zero-order chi connectivity index (χ0) is 22.7. The molecule has 5 heteroatoms. The summed E-state index contributed by atoms with van der Waals surface area (Å²) >= 11 is 0. The van der Waals surface area contributed by atoms with Crippen molar-refractivity contribution < 1.29 is 14.3 Å². The van der Waals surface area contributed by atoms with Crippen LogP contribution in [-0.4, -0.2) is 18.4 Å². The van der Waals surface area contributed by atoms with Gasteiger partial charge in [0.2, 0.25) is 0 Å². The van der Waals surface area contributed by atoms with E-state index in [2.05, 4.69) is 19.2 Å². The van der Waals surface area contributed by atoms with Gasteiger partial charge in [-0.05, 0) is 54.3 Å². The number of benzene rings is 3. The number of carbonyl (C=O) groups excluding carboxylic acids is 2. The number of carbonyl (C=O) groups is 2.